The van der Waals surface area contributed by atoms with E-state index in [0.29, 0.717) is 11.3 Å². The van der Waals surface area contributed by atoms with Gasteiger partial charge in [-0.3, -0.25) is 0 Å². The Morgan fingerprint density at radius 3 is 2.00 bits per heavy atom. The van der Waals surface area contributed by atoms with Gasteiger partial charge in [0.05, 0.1) is 18.2 Å². The van der Waals surface area contributed by atoms with Gasteiger partial charge in [-0.2, -0.15) is 26.3 Å². The van der Waals surface area contributed by atoms with E-state index in [1.807, 2.05) is 0 Å². The maximum atomic E-state index is 13.5. The van der Waals surface area contributed by atoms with Gasteiger partial charge in [-0.05, 0) is 65.3 Å². The Balaban J connectivity index is 2.87. The molecule has 0 fully saturated rings. The lowest BCUT2D eigenvalue weighted by Gasteiger charge is -2.20. The monoisotopic (exact) mass is 474 g/mol. The number of rotatable bonds is 2. The zero-order valence-corrected chi connectivity index (χ0v) is 15.5. The maximum Gasteiger partial charge on any atom is 0.417 e. The lowest BCUT2D eigenvalue weighted by Crippen LogP contribution is -2.14. The minimum Gasteiger partial charge on any atom is -0.496 e. The maximum absolute atomic E-state index is 13.5. The lowest BCUT2D eigenvalue weighted by atomic mass is 9.92. The summed E-state index contributed by atoms with van der Waals surface area (Å²) in [5.74, 6) is 0.404. The summed E-state index contributed by atoms with van der Waals surface area (Å²) in [6.07, 6.45) is -9.79. The van der Waals surface area contributed by atoms with Crippen molar-refractivity contribution in [1.29, 1.82) is 0 Å². The molecule has 2 rings (SSSR count). The summed E-state index contributed by atoms with van der Waals surface area (Å²) in [5, 5.41) is 0. The average Bonchev–Trinajstić information content (AvgIpc) is 2.46. The molecular weight excluding hydrogens is 461 g/mol. The van der Waals surface area contributed by atoms with Crippen LogP contribution in [0.2, 0.25) is 0 Å². The number of alkyl halides is 6. The Morgan fingerprint density at radius 1 is 0.920 bits per heavy atom. The van der Waals surface area contributed by atoms with Gasteiger partial charge in [0.25, 0.3) is 0 Å². The molecule has 2 aromatic rings. The van der Waals surface area contributed by atoms with Crippen LogP contribution in [0.3, 0.4) is 0 Å². The van der Waals surface area contributed by atoms with Crippen molar-refractivity contribution in [3.05, 3.63) is 50.1 Å². The Hall–Kier alpha value is -1.45. The largest absolute Gasteiger partial charge is 0.496 e. The average molecular weight is 474 g/mol. The molecule has 0 atom stereocenters. The molecule has 0 bridgehead atoms. The van der Waals surface area contributed by atoms with Gasteiger partial charge in [0.15, 0.2) is 0 Å². The fraction of sp³-hybridized carbons (Fsp3) is 0.294. The Bertz CT molecular complexity index is 808. The fourth-order valence-electron chi connectivity index (χ4n) is 2.68. The quantitative estimate of drug-likeness (QED) is 0.351. The zero-order valence-electron chi connectivity index (χ0n) is 13.4. The van der Waals surface area contributed by atoms with Crippen molar-refractivity contribution in [1.82, 2.24) is 0 Å². The number of benzene rings is 2. The number of methoxy groups -OCH3 is 1. The molecule has 0 N–H and O–H groups in total. The minimum absolute atomic E-state index is 0.131. The van der Waals surface area contributed by atoms with Crippen molar-refractivity contribution in [2.75, 3.05) is 7.11 Å². The second-order valence-corrected chi connectivity index (χ2v) is 6.63. The van der Waals surface area contributed by atoms with Gasteiger partial charge in [0.2, 0.25) is 0 Å². The highest BCUT2D eigenvalue weighted by Crippen LogP contribution is 2.45. The van der Waals surface area contributed by atoms with Crippen molar-refractivity contribution < 1.29 is 31.1 Å². The first-order chi connectivity index (χ1) is 11.4. The van der Waals surface area contributed by atoms with Crippen LogP contribution in [0.5, 0.6) is 5.75 Å². The van der Waals surface area contributed by atoms with Crippen LogP contribution in [0, 0.1) is 17.4 Å². The number of aryl methyl sites for hydroxylation is 1. The van der Waals surface area contributed by atoms with Gasteiger partial charge in [-0.1, -0.05) is 12.1 Å². The first-order valence-electron chi connectivity index (χ1n) is 7.00. The minimum atomic E-state index is -4.93. The predicted molar refractivity (Wildman–Crippen MR) is 90.6 cm³/mol. The van der Waals surface area contributed by atoms with E-state index in [1.165, 1.54) is 35.8 Å². The molecule has 0 aliphatic rings. The number of hydrogen-bond acceptors (Lipinski definition) is 1. The van der Waals surface area contributed by atoms with Gasteiger partial charge in [0.1, 0.15) is 5.75 Å². The molecule has 136 valence electrons. The molecule has 0 saturated heterocycles. The first kappa shape index (κ1) is 19.9. The molecule has 0 saturated carbocycles. The van der Waals surface area contributed by atoms with Gasteiger partial charge < -0.3 is 4.74 Å². The van der Waals surface area contributed by atoms with Crippen molar-refractivity contribution in [3.63, 3.8) is 0 Å². The van der Waals surface area contributed by atoms with E-state index < -0.39 is 23.5 Å². The molecule has 25 heavy (non-hydrogen) atoms. The highest BCUT2D eigenvalue weighted by Gasteiger charge is 2.40. The third-order valence-electron chi connectivity index (χ3n) is 3.80. The van der Waals surface area contributed by atoms with E-state index >= 15 is 0 Å². The molecule has 8 heteroatoms. The van der Waals surface area contributed by atoms with Gasteiger partial charge in [-0.15, -0.1) is 0 Å². The van der Waals surface area contributed by atoms with Crippen LogP contribution in [0.4, 0.5) is 26.3 Å². The molecule has 0 amide bonds. The molecular formula is C17H13F6IO. The molecule has 0 aromatic heterocycles. The summed E-state index contributed by atoms with van der Waals surface area (Å²) in [7, 11) is 1.39. The number of halogens is 7. The molecule has 0 aliphatic carbocycles. The topological polar surface area (TPSA) is 9.23 Å². The Labute approximate surface area is 154 Å². The van der Waals surface area contributed by atoms with Crippen LogP contribution in [-0.4, -0.2) is 7.11 Å². The number of ether oxygens (including phenoxy) is 1. The first-order valence-corrected chi connectivity index (χ1v) is 8.08. The van der Waals surface area contributed by atoms with Gasteiger partial charge in [-0.25, -0.2) is 0 Å². The van der Waals surface area contributed by atoms with Crippen LogP contribution in [-0.2, 0) is 12.4 Å². The molecule has 0 unspecified atom stereocenters. The van der Waals surface area contributed by atoms with Crippen LogP contribution in [0.1, 0.15) is 22.3 Å². The normalized spacial score (nSPS) is 12.4. The van der Waals surface area contributed by atoms with Crippen LogP contribution in [0.25, 0.3) is 11.1 Å². The number of hydrogen-bond donors (Lipinski definition) is 0. The summed E-state index contributed by atoms with van der Waals surface area (Å²) in [5.41, 5.74) is -1.58. The highest BCUT2D eigenvalue weighted by molar-refractivity contribution is 14.1. The SMILES string of the molecule is COc1c(C)ccc(-c2c(I)cc(C(F)(F)F)cc2C(F)(F)F)c1C. The lowest BCUT2D eigenvalue weighted by molar-refractivity contribution is -0.142. The summed E-state index contributed by atoms with van der Waals surface area (Å²) in [6.45, 7) is 3.31. The summed E-state index contributed by atoms with van der Waals surface area (Å²) in [6, 6.07) is 3.92. The fourth-order valence-corrected chi connectivity index (χ4v) is 3.60. The smallest absolute Gasteiger partial charge is 0.417 e. The molecule has 0 spiro atoms. The van der Waals surface area contributed by atoms with E-state index in [1.54, 1.807) is 19.9 Å². The van der Waals surface area contributed by atoms with E-state index in [4.69, 9.17) is 4.74 Å². The highest BCUT2D eigenvalue weighted by atomic mass is 127. The van der Waals surface area contributed by atoms with Gasteiger partial charge in [0, 0.05) is 9.13 Å². The van der Waals surface area contributed by atoms with E-state index in [-0.39, 0.29) is 20.8 Å². The van der Waals surface area contributed by atoms with Crippen LogP contribution >= 0.6 is 22.6 Å². The van der Waals surface area contributed by atoms with Gasteiger partial charge >= 0.3 is 12.4 Å². The van der Waals surface area contributed by atoms with E-state index in [9.17, 15) is 26.3 Å². The van der Waals surface area contributed by atoms with Crippen molar-refractivity contribution in [3.8, 4) is 16.9 Å². The molecule has 0 radical (unpaired) electrons. The Morgan fingerprint density at radius 2 is 1.52 bits per heavy atom. The third kappa shape index (κ3) is 3.88. The second kappa shape index (κ2) is 6.69. The van der Waals surface area contributed by atoms with E-state index in [2.05, 4.69) is 0 Å². The second-order valence-electron chi connectivity index (χ2n) is 5.46. The molecule has 0 aliphatic heterocycles. The zero-order chi connectivity index (χ0) is 19.2. The third-order valence-corrected chi connectivity index (χ3v) is 4.65. The molecule has 2 aromatic carbocycles. The summed E-state index contributed by atoms with van der Waals surface area (Å²) < 4.78 is 84.3. The van der Waals surface area contributed by atoms with Crippen molar-refractivity contribution in [2.45, 2.75) is 26.2 Å². The molecule has 1 nitrogen and oxygen atoms in total. The molecule has 0 heterocycles. The summed E-state index contributed by atoms with van der Waals surface area (Å²) in [4.78, 5) is 0. The van der Waals surface area contributed by atoms with Crippen LogP contribution in [0.15, 0.2) is 24.3 Å². The predicted octanol–water partition coefficient (Wildman–Crippen LogP) is 6.62. The van der Waals surface area contributed by atoms with E-state index in [0.717, 1.165) is 11.6 Å². The van der Waals surface area contributed by atoms with Crippen molar-refractivity contribution in [2.24, 2.45) is 0 Å². The van der Waals surface area contributed by atoms with Crippen molar-refractivity contribution >= 4 is 22.6 Å². The summed E-state index contributed by atoms with van der Waals surface area (Å²) >= 11 is 1.50. The Kier molecular flexibility index (Phi) is 5.32. The standard InChI is InChI=1S/C17H13F6IO/c1-8-4-5-11(9(2)15(8)25-3)14-12(17(21,22)23)6-10(7-13(14)24)16(18,19)20/h4-7H,1-3H3. The van der Waals surface area contributed by atoms with Crippen LogP contribution < -0.4 is 4.74 Å².